The van der Waals surface area contributed by atoms with Crippen molar-refractivity contribution in [2.45, 2.75) is 59.1 Å². The zero-order valence-corrected chi connectivity index (χ0v) is 20.1. The highest BCUT2D eigenvalue weighted by Gasteiger charge is 2.28. The SMILES string of the molecule is C.C[C@@H](O)CNC(=O)OCc1cccc2nnc([C@@H](COCc3ccccc3)NC(=O)C(C)(C)N)n12. The summed E-state index contributed by atoms with van der Waals surface area (Å²) in [6, 6.07) is 14.3. The van der Waals surface area contributed by atoms with Gasteiger partial charge in [0, 0.05) is 6.54 Å². The number of hydrogen-bond donors (Lipinski definition) is 4. The normalized spacial score (nSPS) is 12.9. The molecule has 0 radical (unpaired) electrons. The second-order valence-electron chi connectivity index (χ2n) is 8.82. The number of amides is 2. The van der Waals surface area contributed by atoms with Crippen molar-refractivity contribution in [3.8, 4) is 0 Å². The van der Waals surface area contributed by atoms with Crippen LogP contribution in [-0.4, -0.2) is 56.5 Å². The standard InChI is InChI=1S/C24H32N6O5.CH4/c1-16(31)12-26-23(33)35-14-18-10-7-11-20-28-29-21(30(18)20)19(27-22(32)24(2,3)25)15-34-13-17-8-5-4-6-9-17;/h4-11,16,19,31H,12-15,25H2,1-3H3,(H,26,33)(H,27,32);1H4/t16-,19-;/m1./s1. The molecule has 11 nitrogen and oxygen atoms in total. The van der Waals surface area contributed by atoms with Crippen molar-refractivity contribution in [1.29, 1.82) is 0 Å². The number of benzene rings is 1. The van der Waals surface area contributed by atoms with Gasteiger partial charge in [-0.25, -0.2) is 4.79 Å². The molecule has 0 fully saturated rings. The molecule has 0 aliphatic rings. The highest BCUT2D eigenvalue weighted by molar-refractivity contribution is 5.85. The largest absolute Gasteiger partial charge is 0.443 e. The van der Waals surface area contributed by atoms with Crippen LogP contribution >= 0.6 is 0 Å². The first-order chi connectivity index (χ1) is 16.6. The van der Waals surface area contributed by atoms with Gasteiger partial charge in [0.05, 0.1) is 30.6 Å². The Morgan fingerprint density at radius 2 is 1.83 bits per heavy atom. The average molecular weight is 501 g/mol. The van der Waals surface area contributed by atoms with Crippen molar-refractivity contribution in [3.63, 3.8) is 0 Å². The van der Waals surface area contributed by atoms with Crippen molar-refractivity contribution in [2.75, 3.05) is 13.2 Å². The lowest BCUT2D eigenvalue weighted by Gasteiger charge is -2.24. The van der Waals surface area contributed by atoms with Crippen LogP contribution in [-0.2, 0) is 27.5 Å². The minimum absolute atomic E-state index is 0. The minimum atomic E-state index is -1.12. The molecule has 196 valence electrons. The summed E-state index contributed by atoms with van der Waals surface area (Å²) in [7, 11) is 0. The number of aromatic nitrogens is 3. The number of nitrogens with two attached hydrogens (primary N) is 1. The number of aliphatic hydroxyl groups excluding tert-OH is 1. The van der Waals surface area contributed by atoms with Crippen LogP contribution in [0.4, 0.5) is 4.79 Å². The number of nitrogens with one attached hydrogen (secondary N) is 2. The zero-order valence-electron chi connectivity index (χ0n) is 20.1. The summed E-state index contributed by atoms with van der Waals surface area (Å²) in [6.07, 6.45) is -1.36. The smallest absolute Gasteiger partial charge is 0.407 e. The molecule has 3 rings (SSSR count). The topological polar surface area (TPSA) is 153 Å². The van der Waals surface area contributed by atoms with E-state index in [0.717, 1.165) is 5.56 Å². The van der Waals surface area contributed by atoms with Gasteiger partial charge in [-0.1, -0.05) is 43.8 Å². The summed E-state index contributed by atoms with van der Waals surface area (Å²) in [5.41, 5.74) is 6.96. The number of carbonyl (C=O) groups is 2. The molecule has 11 heteroatoms. The van der Waals surface area contributed by atoms with Gasteiger partial charge in [0.1, 0.15) is 12.6 Å². The van der Waals surface area contributed by atoms with E-state index in [4.69, 9.17) is 15.2 Å². The van der Waals surface area contributed by atoms with E-state index in [1.165, 1.54) is 0 Å². The van der Waals surface area contributed by atoms with E-state index in [-0.39, 0.29) is 33.1 Å². The van der Waals surface area contributed by atoms with Crippen LogP contribution in [0.15, 0.2) is 48.5 Å². The summed E-state index contributed by atoms with van der Waals surface area (Å²) in [6.45, 7) is 5.22. The molecule has 3 aromatic rings. The lowest BCUT2D eigenvalue weighted by Crippen LogP contribution is -2.51. The number of nitrogens with zero attached hydrogens (tertiary/aromatic N) is 3. The monoisotopic (exact) mass is 500 g/mol. The van der Waals surface area contributed by atoms with E-state index in [9.17, 15) is 14.7 Å². The van der Waals surface area contributed by atoms with Crippen LogP contribution in [0.2, 0.25) is 0 Å². The number of rotatable bonds is 11. The molecule has 0 unspecified atom stereocenters. The Kier molecular flexibility index (Phi) is 10.3. The molecule has 0 saturated heterocycles. The van der Waals surface area contributed by atoms with Gasteiger partial charge in [-0.15, -0.1) is 10.2 Å². The quantitative estimate of drug-likeness (QED) is 0.312. The van der Waals surface area contributed by atoms with Gasteiger partial charge in [-0.05, 0) is 38.5 Å². The van der Waals surface area contributed by atoms with Crippen molar-refractivity contribution < 1.29 is 24.2 Å². The van der Waals surface area contributed by atoms with Gasteiger partial charge >= 0.3 is 6.09 Å². The molecule has 2 aromatic heterocycles. The first-order valence-corrected chi connectivity index (χ1v) is 11.3. The van der Waals surface area contributed by atoms with E-state index < -0.39 is 23.8 Å². The zero-order chi connectivity index (χ0) is 25.4. The molecule has 2 heterocycles. The Hall–Kier alpha value is -3.54. The Bertz CT molecular complexity index is 1130. The van der Waals surface area contributed by atoms with E-state index in [2.05, 4.69) is 20.8 Å². The molecule has 0 bridgehead atoms. The minimum Gasteiger partial charge on any atom is -0.443 e. The molecule has 1 aromatic carbocycles. The number of carbonyl (C=O) groups excluding carboxylic acids is 2. The highest BCUT2D eigenvalue weighted by Crippen LogP contribution is 2.18. The molecule has 2 atom stereocenters. The Labute approximate surface area is 211 Å². The lowest BCUT2D eigenvalue weighted by molar-refractivity contribution is -0.126. The molecular weight excluding hydrogens is 464 g/mol. The average Bonchev–Trinajstić information content (AvgIpc) is 3.25. The Balaban J connectivity index is 0.00000456. The first-order valence-electron chi connectivity index (χ1n) is 11.3. The maximum atomic E-state index is 12.7. The third-order valence-corrected chi connectivity index (χ3v) is 5.03. The molecule has 0 saturated carbocycles. The number of hydrogen-bond acceptors (Lipinski definition) is 8. The summed E-state index contributed by atoms with van der Waals surface area (Å²) in [4.78, 5) is 24.7. The summed E-state index contributed by atoms with van der Waals surface area (Å²) < 4.78 is 12.9. The fourth-order valence-electron chi connectivity index (χ4n) is 3.18. The van der Waals surface area contributed by atoms with E-state index in [1.54, 1.807) is 43.4 Å². The van der Waals surface area contributed by atoms with Gasteiger partial charge in [-0.2, -0.15) is 0 Å². The third kappa shape index (κ3) is 8.01. The predicted octanol–water partition coefficient (Wildman–Crippen LogP) is 2.08. The fourth-order valence-corrected chi connectivity index (χ4v) is 3.18. The van der Waals surface area contributed by atoms with Crippen molar-refractivity contribution in [1.82, 2.24) is 25.2 Å². The number of pyridine rings is 1. The maximum absolute atomic E-state index is 12.7. The van der Waals surface area contributed by atoms with E-state index >= 15 is 0 Å². The third-order valence-electron chi connectivity index (χ3n) is 5.03. The Morgan fingerprint density at radius 3 is 2.50 bits per heavy atom. The molecule has 2 amide bonds. The first kappa shape index (κ1) is 28.7. The van der Waals surface area contributed by atoms with Crippen LogP contribution in [0.1, 0.15) is 51.3 Å². The van der Waals surface area contributed by atoms with Crippen molar-refractivity contribution in [2.24, 2.45) is 5.73 Å². The van der Waals surface area contributed by atoms with E-state index in [0.29, 0.717) is 23.8 Å². The van der Waals surface area contributed by atoms with Crippen molar-refractivity contribution in [3.05, 3.63) is 65.6 Å². The van der Waals surface area contributed by atoms with Gasteiger partial charge in [0.2, 0.25) is 5.91 Å². The van der Waals surface area contributed by atoms with Crippen molar-refractivity contribution >= 4 is 17.6 Å². The van der Waals surface area contributed by atoms with Crippen LogP contribution in [0, 0.1) is 0 Å². The Morgan fingerprint density at radius 1 is 1.11 bits per heavy atom. The molecule has 5 N–H and O–H groups in total. The van der Waals surface area contributed by atoms with Crippen LogP contribution < -0.4 is 16.4 Å². The summed E-state index contributed by atoms with van der Waals surface area (Å²) in [5, 5.41) is 23.2. The number of ether oxygens (including phenoxy) is 2. The van der Waals surface area contributed by atoms with Crippen LogP contribution in [0.5, 0.6) is 0 Å². The highest BCUT2D eigenvalue weighted by atomic mass is 16.5. The van der Waals surface area contributed by atoms with Gasteiger partial charge < -0.3 is 30.9 Å². The number of alkyl carbamates (subject to hydrolysis) is 1. The van der Waals surface area contributed by atoms with Gasteiger partial charge in [0.15, 0.2) is 11.5 Å². The number of fused-ring (bicyclic) bond motifs is 1. The van der Waals surface area contributed by atoms with Crippen LogP contribution in [0.3, 0.4) is 0 Å². The van der Waals surface area contributed by atoms with Gasteiger partial charge in [0.25, 0.3) is 0 Å². The molecule has 36 heavy (non-hydrogen) atoms. The molecular formula is C25H36N6O5. The second-order valence-corrected chi connectivity index (χ2v) is 8.82. The molecule has 0 spiro atoms. The maximum Gasteiger partial charge on any atom is 0.407 e. The molecule has 0 aliphatic heterocycles. The number of aliphatic hydroxyl groups is 1. The summed E-state index contributed by atoms with van der Waals surface area (Å²) >= 11 is 0. The summed E-state index contributed by atoms with van der Waals surface area (Å²) in [5.74, 6) is 0.0306. The fraction of sp³-hybridized carbons (Fsp3) is 0.440. The predicted molar refractivity (Wildman–Crippen MR) is 135 cm³/mol. The van der Waals surface area contributed by atoms with Gasteiger partial charge in [-0.3, -0.25) is 9.20 Å². The molecule has 0 aliphatic carbocycles. The van der Waals surface area contributed by atoms with E-state index in [1.807, 2.05) is 30.3 Å². The van der Waals surface area contributed by atoms with Crippen LogP contribution in [0.25, 0.3) is 5.65 Å². The second kappa shape index (κ2) is 13.0. The lowest BCUT2D eigenvalue weighted by atomic mass is 10.1.